The predicted molar refractivity (Wildman–Crippen MR) is 98.4 cm³/mol. The van der Waals surface area contributed by atoms with E-state index in [0.29, 0.717) is 19.3 Å². The zero-order chi connectivity index (χ0) is 17.9. The van der Waals surface area contributed by atoms with Gasteiger partial charge < -0.3 is 15.3 Å². The second-order valence-corrected chi connectivity index (χ2v) is 7.10. The smallest absolute Gasteiger partial charge is 0.0748 e. The summed E-state index contributed by atoms with van der Waals surface area (Å²) >= 11 is 0. The van der Waals surface area contributed by atoms with Gasteiger partial charge in [-0.25, -0.2) is 0 Å². The summed E-state index contributed by atoms with van der Waals surface area (Å²) in [6, 6.07) is 0. The van der Waals surface area contributed by atoms with E-state index in [9.17, 15) is 10.2 Å². The van der Waals surface area contributed by atoms with E-state index >= 15 is 0 Å². The van der Waals surface area contributed by atoms with Crippen LogP contribution in [0.5, 0.6) is 0 Å². The molecule has 0 aromatic rings. The van der Waals surface area contributed by atoms with Gasteiger partial charge in [-0.15, -0.1) is 0 Å². The minimum Gasteiger partial charge on any atom is -0.392 e. The molecule has 0 aromatic carbocycles. The fraction of sp³-hybridized carbons (Fsp3) is 0.700. The largest absolute Gasteiger partial charge is 0.392 e. The molecule has 0 heterocycles. The first kappa shape index (κ1) is 22.1. The average molecular weight is 325 g/mol. The lowest BCUT2D eigenvalue weighted by atomic mass is 9.90. The highest BCUT2D eigenvalue weighted by molar-refractivity contribution is 5.09. The molecule has 134 valence electrons. The molecule has 0 aliphatic heterocycles. The van der Waals surface area contributed by atoms with Gasteiger partial charge in [0.15, 0.2) is 0 Å². The fourth-order valence-electron chi connectivity index (χ4n) is 2.42. The number of hydrogen-bond donors (Lipinski definition) is 3. The van der Waals surface area contributed by atoms with Gasteiger partial charge in [0, 0.05) is 0 Å². The van der Waals surface area contributed by atoms with Crippen LogP contribution in [0.2, 0.25) is 0 Å². The van der Waals surface area contributed by atoms with Crippen molar-refractivity contribution in [3.8, 4) is 0 Å². The average Bonchev–Trinajstić information content (AvgIpc) is 2.44. The maximum atomic E-state index is 10.4. The second-order valence-electron chi connectivity index (χ2n) is 7.10. The molecule has 0 aromatic heterocycles. The van der Waals surface area contributed by atoms with Gasteiger partial charge in [0.1, 0.15) is 0 Å². The third-order valence-corrected chi connectivity index (χ3v) is 4.17. The molecule has 3 N–H and O–H groups in total. The predicted octanol–water partition coefficient (Wildman–Crippen LogP) is 4.29. The Bertz CT molecular complexity index is 413. The van der Waals surface area contributed by atoms with Crippen molar-refractivity contribution in [2.45, 2.75) is 84.8 Å². The van der Waals surface area contributed by atoms with Gasteiger partial charge in [0.2, 0.25) is 0 Å². The fourth-order valence-corrected chi connectivity index (χ4v) is 2.42. The van der Waals surface area contributed by atoms with Crippen LogP contribution in [-0.2, 0) is 0 Å². The van der Waals surface area contributed by atoms with Crippen molar-refractivity contribution in [2.24, 2.45) is 0 Å². The normalized spacial score (nSPS) is 16.9. The molecule has 0 radical (unpaired) electrons. The first-order chi connectivity index (χ1) is 10.7. The van der Waals surface area contributed by atoms with Crippen LogP contribution < -0.4 is 0 Å². The highest BCUT2D eigenvalue weighted by atomic mass is 16.3. The zero-order valence-corrected chi connectivity index (χ0v) is 15.6. The molecule has 0 rings (SSSR count). The Morgan fingerprint density at radius 1 is 1.04 bits per heavy atom. The second kappa shape index (κ2) is 11.6. The van der Waals surface area contributed by atoms with Crippen molar-refractivity contribution in [3.05, 3.63) is 34.9 Å². The number of aliphatic hydroxyl groups excluding tert-OH is 2. The van der Waals surface area contributed by atoms with Crippen molar-refractivity contribution in [2.75, 3.05) is 6.61 Å². The Kier molecular flexibility index (Phi) is 11.2. The van der Waals surface area contributed by atoms with E-state index in [-0.39, 0.29) is 6.61 Å². The van der Waals surface area contributed by atoms with Gasteiger partial charge in [0.05, 0.1) is 18.3 Å². The Balaban J connectivity index is 4.20. The molecule has 23 heavy (non-hydrogen) atoms. The lowest BCUT2D eigenvalue weighted by Crippen LogP contribution is -2.26. The lowest BCUT2D eigenvalue weighted by molar-refractivity contribution is 0.0270. The van der Waals surface area contributed by atoms with E-state index in [1.54, 1.807) is 6.08 Å². The van der Waals surface area contributed by atoms with E-state index in [4.69, 9.17) is 5.11 Å². The van der Waals surface area contributed by atoms with Gasteiger partial charge in [-0.2, -0.15) is 0 Å². The maximum Gasteiger partial charge on any atom is 0.0748 e. The topological polar surface area (TPSA) is 60.7 Å². The van der Waals surface area contributed by atoms with Crippen molar-refractivity contribution < 1.29 is 15.3 Å². The molecule has 0 saturated carbocycles. The van der Waals surface area contributed by atoms with Gasteiger partial charge in [-0.3, -0.25) is 0 Å². The molecular weight excluding hydrogens is 288 g/mol. The quantitative estimate of drug-likeness (QED) is 0.497. The molecule has 0 bridgehead atoms. The lowest BCUT2D eigenvalue weighted by Gasteiger charge is -2.25. The summed E-state index contributed by atoms with van der Waals surface area (Å²) in [6.07, 6.45) is 10.0. The van der Waals surface area contributed by atoms with Crippen LogP contribution in [0.15, 0.2) is 34.9 Å². The Hall–Kier alpha value is -0.900. The molecule has 2 unspecified atom stereocenters. The van der Waals surface area contributed by atoms with E-state index < -0.39 is 11.7 Å². The van der Waals surface area contributed by atoms with Crippen LogP contribution in [0.1, 0.15) is 73.1 Å². The van der Waals surface area contributed by atoms with Crippen LogP contribution in [-0.4, -0.2) is 33.6 Å². The first-order valence-corrected chi connectivity index (χ1v) is 8.65. The van der Waals surface area contributed by atoms with Crippen LogP contribution in [0, 0.1) is 0 Å². The Labute approximate surface area is 142 Å². The summed E-state index contributed by atoms with van der Waals surface area (Å²) in [6.45, 7) is 9.99. The molecule has 0 spiro atoms. The van der Waals surface area contributed by atoms with Crippen molar-refractivity contribution in [1.29, 1.82) is 0 Å². The summed E-state index contributed by atoms with van der Waals surface area (Å²) in [7, 11) is 0. The van der Waals surface area contributed by atoms with Crippen LogP contribution in [0.4, 0.5) is 0 Å². The maximum absolute atomic E-state index is 10.4. The van der Waals surface area contributed by atoms with E-state index in [1.165, 1.54) is 5.57 Å². The zero-order valence-electron chi connectivity index (χ0n) is 15.6. The summed E-state index contributed by atoms with van der Waals surface area (Å²) in [4.78, 5) is 0. The molecule has 2 atom stereocenters. The minimum atomic E-state index is -0.749. The summed E-state index contributed by atoms with van der Waals surface area (Å²) < 4.78 is 0. The third kappa shape index (κ3) is 12.2. The van der Waals surface area contributed by atoms with Crippen molar-refractivity contribution in [1.82, 2.24) is 0 Å². The summed E-state index contributed by atoms with van der Waals surface area (Å²) in [5, 5.41) is 29.4. The van der Waals surface area contributed by atoms with E-state index in [1.807, 2.05) is 20.8 Å². The van der Waals surface area contributed by atoms with Crippen molar-refractivity contribution >= 4 is 0 Å². The van der Waals surface area contributed by atoms with E-state index in [0.717, 1.165) is 30.4 Å². The standard InChI is InChI=1S/C20H36O3/c1-16(2)8-6-10-18(4)19(22)11-14-20(5,23)13-7-9-17(3)12-15-21/h8,10,12,19,21-23H,6-7,9,11,13-15H2,1-5H3/b17-12+,18-10+. The molecule has 3 nitrogen and oxygen atoms in total. The SMILES string of the molecule is CC(C)=CC/C=C(\C)C(O)CCC(C)(O)CCC/C(C)=C/CO. The Morgan fingerprint density at radius 3 is 2.26 bits per heavy atom. The number of allylic oxidation sites excluding steroid dienone is 4. The highest BCUT2D eigenvalue weighted by Crippen LogP contribution is 2.23. The summed E-state index contributed by atoms with van der Waals surface area (Å²) in [5.74, 6) is 0. The number of aliphatic hydroxyl groups is 3. The molecule has 0 saturated heterocycles. The first-order valence-electron chi connectivity index (χ1n) is 8.65. The minimum absolute atomic E-state index is 0.0762. The van der Waals surface area contributed by atoms with Gasteiger partial charge in [0.25, 0.3) is 0 Å². The molecule has 3 heteroatoms. The van der Waals surface area contributed by atoms with Crippen LogP contribution >= 0.6 is 0 Å². The molecule has 0 fully saturated rings. The molecule has 0 aliphatic rings. The van der Waals surface area contributed by atoms with Gasteiger partial charge >= 0.3 is 0 Å². The molecule has 0 aliphatic carbocycles. The number of hydrogen-bond acceptors (Lipinski definition) is 3. The van der Waals surface area contributed by atoms with E-state index in [2.05, 4.69) is 26.0 Å². The highest BCUT2D eigenvalue weighted by Gasteiger charge is 2.21. The number of rotatable bonds is 11. The molecular formula is C20H36O3. The summed E-state index contributed by atoms with van der Waals surface area (Å²) in [5.41, 5.74) is 2.65. The van der Waals surface area contributed by atoms with Crippen LogP contribution in [0.25, 0.3) is 0 Å². The van der Waals surface area contributed by atoms with Gasteiger partial charge in [-0.1, -0.05) is 29.4 Å². The Morgan fingerprint density at radius 2 is 1.70 bits per heavy atom. The third-order valence-electron chi connectivity index (χ3n) is 4.17. The monoisotopic (exact) mass is 324 g/mol. The van der Waals surface area contributed by atoms with Crippen LogP contribution in [0.3, 0.4) is 0 Å². The van der Waals surface area contributed by atoms with Gasteiger partial charge in [-0.05, 0) is 78.7 Å². The molecule has 0 amide bonds. The van der Waals surface area contributed by atoms with Crippen molar-refractivity contribution in [3.63, 3.8) is 0 Å².